The van der Waals surface area contributed by atoms with Crippen LogP contribution < -0.4 is 4.90 Å². The number of nitrogens with zero attached hydrogens (tertiary/aromatic N) is 1. The smallest absolute Gasteiger partial charge is 0.278 e. The van der Waals surface area contributed by atoms with Crippen LogP contribution in [-0.4, -0.2) is 36.7 Å². The van der Waals surface area contributed by atoms with Crippen LogP contribution in [0.15, 0.2) is 42.5 Å². The molecule has 0 spiro atoms. The monoisotopic (exact) mass is 413 g/mol. The van der Waals surface area contributed by atoms with Gasteiger partial charge < -0.3 is 9.80 Å². The van der Waals surface area contributed by atoms with E-state index in [1.54, 1.807) is 36.0 Å². The van der Waals surface area contributed by atoms with Gasteiger partial charge in [-0.15, -0.1) is 11.8 Å². The van der Waals surface area contributed by atoms with Crippen LogP contribution in [0.25, 0.3) is 0 Å². The molecule has 7 heteroatoms. The van der Waals surface area contributed by atoms with Gasteiger partial charge in [0.05, 0.1) is 12.1 Å². The van der Waals surface area contributed by atoms with E-state index in [1.807, 2.05) is 18.0 Å². The molecule has 1 aliphatic rings. The van der Waals surface area contributed by atoms with Gasteiger partial charge in [0.2, 0.25) is 0 Å². The van der Waals surface area contributed by atoms with Gasteiger partial charge in [-0.3, -0.25) is 4.79 Å². The summed E-state index contributed by atoms with van der Waals surface area (Å²) in [5, 5.41) is 1.17. The Hall–Kier alpha value is -1.27. The lowest BCUT2D eigenvalue weighted by molar-refractivity contribution is -0.885. The molecule has 1 unspecified atom stereocenters. The highest BCUT2D eigenvalue weighted by atomic mass is 35.5. The minimum Gasteiger partial charge on any atom is -0.326 e. The maximum atomic E-state index is 13.2. The normalized spacial score (nSPS) is 18.2. The SMILES string of the molecule is C[NH+](CC(=O)N1CCS[C@H]1c1ccc(F)cc1)Cc1ccc(Cl)cc1Cl. The molecule has 0 aliphatic carbocycles. The second kappa shape index (κ2) is 8.61. The van der Waals surface area contributed by atoms with Gasteiger partial charge >= 0.3 is 0 Å². The maximum Gasteiger partial charge on any atom is 0.278 e. The Morgan fingerprint density at radius 1 is 1.27 bits per heavy atom. The summed E-state index contributed by atoms with van der Waals surface area (Å²) in [4.78, 5) is 15.7. The highest BCUT2D eigenvalue weighted by Gasteiger charge is 2.32. The zero-order valence-corrected chi connectivity index (χ0v) is 16.7. The first-order valence-corrected chi connectivity index (χ1v) is 10.2. The minimum absolute atomic E-state index is 0.0463. The van der Waals surface area contributed by atoms with Gasteiger partial charge in [-0.25, -0.2) is 4.39 Å². The molecule has 1 amide bonds. The third kappa shape index (κ3) is 4.71. The first-order chi connectivity index (χ1) is 12.4. The molecule has 3 nitrogen and oxygen atoms in total. The van der Waals surface area contributed by atoms with E-state index in [1.165, 1.54) is 12.1 Å². The molecule has 1 heterocycles. The van der Waals surface area contributed by atoms with Crippen LogP contribution in [0, 0.1) is 5.82 Å². The standard InChI is InChI=1S/C19H19Cl2FN2OS/c1-23(11-14-2-5-15(20)10-17(14)21)12-18(25)24-8-9-26-19(24)13-3-6-16(22)7-4-13/h2-7,10,19H,8-9,11-12H2,1H3/p+1/t19-/m0/s1. The fourth-order valence-corrected chi connectivity index (χ4v) is 4.79. The number of amides is 1. The molecule has 1 N–H and O–H groups in total. The Morgan fingerprint density at radius 3 is 2.69 bits per heavy atom. The number of carbonyl (C=O) groups is 1. The average molecular weight is 414 g/mol. The number of likely N-dealkylation sites (N-methyl/N-ethyl adjacent to an activating group) is 1. The Bertz CT molecular complexity index is 788. The Morgan fingerprint density at radius 2 is 2.00 bits per heavy atom. The predicted molar refractivity (Wildman–Crippen MR) is 105 cm³/mol. The van der Waals surface area contributed by atoms with Crippen LogP contribution in [0.5, 0.6) is 0 Å². The lowest BCUT2D eigenvalue weighted by Crippen LogP contribution is -3.08. The molecule has 0 bridgehead atoms. The summed E-state index contributed by atoms with van der Waals surface area (Å²) in [6.07, 6.45) is 0. The van der Waals surface area contributed by atoms with Crippen molar-refractivity contribution in [1.82, 2.24) is 4.90 Å². The van der Waals surface area contributed by atoms with Crippen molar-refractivity contribution in [2.75, 3.05) is 25.9 Å². The fraction of sp³-hybridized carbons (Fsp3) is 0.316. The molecule has 0 radical (unpaired) electrons. The lowest BCUT2D eigenvalue weighted by Gasteiger charge is -2.25. The Balaban J connectivity index is 1.63. The van der Waals surface area contributed by atoms with Crippen molar-refractivity contribution >= 4 is 40.9 Å². The Labute approximate surface area is 167 Å². The van der Waals surface area contributed by atoms with Crippen molar-refractivity contribution in [3.05, 3.63) is 69.5 Å². The molecule has 26 heavy (non-hydrogen) atoms. The van der Waals surface area contributed by atoms with E-state index in [4.69, 9.17) is 23.2 Å². The van der Waals surface area contributed by atoms with Crippen LogP contribution in [0.4, 0.5) is 4.39 Å². The van der Waals surface area contributed by atoms with E-state index in [-0.39, 0.29) is 17.1 Å². The van der Waals surface area contributed by atoms with E-state index in [9.17, 15) is 9.18 Å². The summed E-state index contributed by atoms with van der Waals surface area (Å²) in [5.41, 5.74) is 1.92. The molecule has 0 aromatic heterocycles. The van der Waals surface area contributed by atoms with Gasteiger partial charge in [0.1, 0.15) is 17.7 Å². The van der Waals surface area contributed by atoms with Crippen molar-refractivity contribution in [3.8, 4) is 0 Å². The maximum absolute atomic E-state index is 13.2. The van der Waals surface area contributed by atoms with Gasteiger partial charge in [-0.05, 0) is 29.8 Å². The third-order valence-electron chi connectivity index (χ3n) is 4.33. The van der Waals surface area contributed by atoms with E-state index >= 15 is 0 Å². The van der Waals surface area contributed by atoms with E-state index in [0.29, 0.717) is 29.7 Å². The molecule has 2 atom stereocenters. The summed E-state index contributed by atoms with van der Waals surface area (Å²) in [6, 6.07) is 11.8. The van der Waals surface area contributed by atoms with Gasteiger partial charge in [-0.2, -0.15) is 0 Å². The fourth-order valence-electron chi connectivity index (χ4n) is 3.04. The van der Waals surface area contributed by atoms with E-state index in [0.717, 1.165) is 21.8 Å². The zero-order valence-electron chi connectivity index (χ0n) is 14.3. The van der Waals surface area contributed by atoms with Crippen LogP contribution in [0.3, 0.4) is 0 Å². The predicted octanol–water partition coefficient (Wildman–Crippen LogP) is 3.42. The van der Waals surface area contributed by atoms with Gasteiger partial charge in [-0.1, -0.05) is 41.4 Å². The highest BCUT2D eigenvalue weighted by molar-refractivity contribution is 7.99. The number of quaternary nitrogens is 1. The topological polar surface area (TPSA) is 24.8 Å². The Kier molecular flexibility index (Phi) is 6.46. The van der Waals surface area contributed by atoms with Gasteiger partial charge in [0, 0.05) is 22.9 Å². The zero-order chi connectivity index (χ0) is 18.7. The number of hydrogen-bond acceptors (Lipinski definition) is 2. The van der Waals surface area contributed by atoms with E-state index in [2.05, 4.69) is 0 Å². The van der Waals surface area contributed by atoms with E-state index < -0.39 is 0 Å². The van der Waals surface area contributed by atoms with Gasteiger partial charge in [0.15, 0.2) is 6.54 Å². The van der Waals surface area contributed by atoms with Crippen LogP contribution in [0.1, 0.15) is 16.5 Å². The summed E-state index contributed by atoms with van der Waals surface area (Å²) in [5.74, 6) is 0.709. The quantitative estimate of drug-likeness (QED) is 0.811. The first-order valence-electron chi connectivity index (χ1n) is 8.36. The van der Waals surface area contributed by atoms with Crippen LogP contribution in [0.2, 0.25) is 10.0 Å². The van der Waals surface area contributed by atoms with Crippen molar-refractivity contribution in [2.24, 2.45) is 0 Å². The summed E-state index contributed by atoms with van der Waals surface area (Å²) in [6.45, 7) is 1.72. The molecule has 1 aliphatic heterocycles. The second-order valence-corrected chi connectivity index (χ2v) is 8.44. The van der Waals surface area contributed by atoms with Crippen molar-refractivity contribution < 1.29 is 14.1 Å². The molecule has 1 saturated heterocycles. The number of thioether (sulfide) groups is 1. The number of halogens is 3. The molecule has 3 rings (SSSR count). The van der Waals surface area contributed by atoms with Crippen LogP contribution >= 0.6 is 35.0 Å². The van der Waals surface area contributed by atoms with Gasteiger partial charge in [0.25, 0.3) is 5.91 Å². The summed E-state index contributed by atoms with van der Waals surface area (Å²) in [7, 11) is 1.97. The largest absolute Gasteiger partial charge is 0.326 e. The molecule has 0 saturated carbocycles. The summed E-state index contributed by atoms with van der Waals surface area (Å²) < 4.78 is 13.2. The van der Waals surface area contributed by atoms with Crippen molar-refractivity contribution in [1.29, 1.82) is 0 Å². The molecule has 138 valence electrons. The molecule has 2 aromatic carbocycles. The minimum atomic E-state index is -0.265. The molecule has 1 fully saturated rings. The summed E-state index contributed by atoms with van der Waals surface area (Å²) >= 11 is 13.9. The lowest BCUT2D eigenvalue weighted by atomic mass is 10.2. The number of rotatable bonds is 5. The molecule has 2 aromatic rings. The molecular formula is C19H20Cl2FN2OS+. The average Bonchev–Trinajstić information content (AvgIpc) is 3.08. The van der Waals surface area contributed by atoms with Crippen molar-refractivity contribution in [3.63, 3.8) is 0 Å². The second-order valence-electron chi connectivity index (χ2n) is 6.41. The number of benzene rings is 2. The number of carbonyl (C=O) groups excluding carboxylic acids is 1. The third-order valence-corrected chi connectivity index (χ3v) is 6.17. The first kappa shape index (κ1) is 19.5. The number of hydrogen-bond donors (Lipinski definition) is 1. The molecular weight excluding hydrogens is 394 g/mol. The number of nitrogens with one attached hydrogen (secondary N) is 1. The van der Waals surface area contributed by atoms with Crippen molar-refractivity contribution in [2.45, 2.75) is 11.9 Å². The van der Waals surface area contributed by atoms with Crippen LogP contribution in [-0.2, 0) is 11.3 Å². The highest BCUT2D eigenvalue weighted by Crippen LogP contribution is 2.37.